The van der Waals surface area contributed by atoms with E-state index in [1.165, 1.54) is 19.6 Å². The number of carbonyl (C=O) groups is 2. The first-order valence-electron chi connectivity index (χ1n) is 9.42. The van der Waals surface area contributed by atoms with E-state index >= 15 is 0 Å². The van der Waals surface area contributed by atoms with Crippen LogP contribution in [0.1, 0.15) is 65.7 Å². The highest BCUT2D eigenvalue weighted by atomic mass is 16.5. The Balaban J connectivity index is 1.74. The molecule has 1 aromatic carbocycles. The van der Waals surface area contributed by atoms with Gasteiger partial charge in [0.2, 0.25) is 0 Å². The summed E-state index contributed by atoms with van der Waals surface area (Å²) < 4.78 is 10.6. The number of methoxy groups -OCH3 is 1. The fourth-order valence-corrected chi connectivity index (χ4v) is 3.45. The Morgan fingerprint density at radius 1 is 1.08 bits per heavy atom. The largest absolute Gasteiger partial charge is 0.493 e. The second kappa shape index (κ2) is 8.54. The summed E-state index contributed by atoms with van der Waals surface area (Å²) in [5, 5.41) is 13.0. The van der Waals surface area contributed by atoms with Crippen molar-refractivity contribution >= 4 is 11.9 Å². The van der Waals surface area contributed by atoms with Gasteiger partial charge in [0, 0.05) is 5.56 Å². The molecule has 2 atom stereocenters. The molecule has 2 N–H and O–H groups in total. The van der Waals surface area contributed by atoms with Gasteiger partial charge in [0.15, 0.2) is 0 Å². The van der Waals surface area contributed by atoms with E-state index in [1.807, 2.05) is 0 Å². The van der Waals surface area contributed by atoms with Crippen LogP contribution in [0, 0.1) is 5.92 Å². The molecule has 2 fully saturated rings. The molecule has 1 aromatic rings. The van der Waals surface area contributed by atoms with Gasteiger partial charge in [-0.2, -0.15) is 0 Å². The zero-order valence-corrected chi connectivity index (χ0v) is 15.2. The van der Waals surface area contributed by atoms with Crippen LogP contribution in [0.2, 0.25) is 0 Å². The van der Waals surface area contributed by atoms with Crippen molar-refractivity contribution in [2.24, 2.45) is 5.92 Å². The van der Waals surface area contributed by atoms with Crippen LogP contribution in [0.25, 0.3) is 0 Å². The van der Waals surface area contributed by atoms with E-state index in [1.54, 1.807) is 12.1 Å². The first kappa shape index (κ1) is 18.7. The fourth-order valence-electron chi connectivity index (χ4n) is 3.45. The summed E-state index contributed by atoms with van der Waals surface area (Å²) in [5.74, 6) is 0.224. The molecular formula is C20H27NO5. The molecule has 0 bridgehead atoms. The highest BCUT2D eigenvalue weighted by molar-refractivity contribution is 5.98. The van der Waals surface area contributed by atoms with Crippen molar-refractivity contribution in [3.63, 3.8) is 0 Å². The van der Waals surface area contributed by atoms with Crippen LogP contribution in [-0.2, 0) is 4.74 Å². The first-order chi connectivity index (χ1) is 12.6. The van der Waals surface area contributed by atoms with Gasteiger partial charge in [0.25, 0.3) is 5.91 Å². The Morgan fingerprint density at radius 3 is 2.46 bits per heavy atom. The van der Waals surface area contributed by atoms with Crippen LogP contribution in [0.5, 0.6) is 5.75 Å². The molecule has 6 nitrogen and oxygen atoms in total. The van der Waals surface area contributed by atoms with Gasteiger partial charge in [0.1, 0.15) is 5.75 Å². The topological polar surface area (TPSA) is 84.9 Å². The normalized spacial score (nSPS) is 23.0. The molecule has 0 spiro atoms. The first-order valence-corrected chi connectivity index (χ1v) is 9.42. The number of ether oxygens (including phenoxy) is 2. The summed E-state index contributed by atoms with van der Waals surface area (Å²) in [6, 6.07) is 4.51. The van der Waals surface area contributed by atoms with Gasteiger partial charge in [-0.3, -0.25) is 4.79 Å². The molecule has 0 heterocycles. The number of hydrogen-bond acceptors (Lipinski definition) is 5. The Hall–Kier alpha value is -2.08. The van der Waals surface area contributed by atoms with E-state index in [2.05, 4.69) is 5.32 Å². The van der Waals surface area contributed by atoms with E-state index in [9.17, 15) is 14.7 Å². The summed E-state index contributed by atoms with van der Waals surface area (Å²) >= 11 is 0. The average Bonchev–Trinajstić information content (AvgIpc) is 2.61. The molecule has 0 unspecified atom stereocenters. The maximum Gasteiger partial charge on any atom is 0.338 e. The van der Waals surface area contributed by atoms with E-state index in [-0.39, 0.29) is 17.5 Å². The van der Waals surface area contributed by atoms with Crippen LogP contribution in [0.15, 0.2) is 18.2 Å². The number of aliphatic hydroxyl groups excluding tert-OH is 1. The molecule has 2 aliphatic carbocycles. The molecule has 26 heavy (non-hydrogen) atoms. The molecule has 2 aliphatic rings. The Kier molecular flexibility index (Phi) is 6.14. The molecule has 3 rings (SSSR count). The molecule has 2 saturated carbocycles. The third-order valence-electron chi connectivity index (χ3n) is 5.35. The smallest absolute Gasteiger partial charge is 0.338 e. The average molecular weight is 361 g/mol. The molecular weight excluding hydrogens is 334 g/mol. The van der Waals surface area contributed by atoms with Gasteiger partial charge in [-0.15, -0.1) is 0 Å². The van der Waals surface area contributed by atoms with Gasteiger partial charge in [-0.25, -0.2) is 4.79 Å². The molecule has 1 amide bonds. The lowest BCUT2D eigenvalue weighted by molar-refractivity contribution is 0.0600. The van der Waals surface area contributed by atoms with Crippen LogP contribution in [0.3, 0.4) is 0 Å². The molecule has 0 aliphatic heterocycles. The number of esters is 1. The second-order valence-electron chi connectivity index (χ2n) is 7.28. The zero-order valence-electron chi connectivity index (χ0n) is 15.2. The van der Waals surface area contributed by atoms with Gasteiger partial charge >= 0.3 is 5.97 Å². The van der Waals surface area contributed by atoms with Crippen molar-refractivity contribution in [3.8, 4) is 5.75 Å². The maximum absolute atomic E-state index is 12.6. The zero-order chi connectivity index (χ0) is 18.5. The molecule has 6 heteroatoms. The second-order valence-corrected chi connectivity index (χ2v) is 7.28. The molecule has 0 aromatic heterocycles. The molecule has 0 saturated heterocycles. The van der Waals surface area contributed by atoms with E-state index in [0.29, 0.717) is 30.3 Å². The van der Waals surface area contributed by atoms with Crippen molar-refractivity contribution in [2.45, 2.75) is 57.1 Å². The number of aliphatic hydroxyl groups is 1. The van der Waals surface area contributed by atoms with Gasteiger partial charge in [-0.05, 0) is 49.8 Å². The predicted molar refractivity (Wildman–Crippen MR) is 96.3 cm³/mol. The third kappa shape index (κ3) is 4.55. The Morgan fingerprint density at radius 2 is 1.81 bits per heavy atom. The minimum atomic E-state index is -0.522. The van der Waals surface area contributed by atoms with Crippen LogP contribution in [0.4, 0.5) is 0 Å². The Labute approximate surface area is 153 Å². The number of hydrogen-bond donors (Lipinski definition) is 2. The summed E-state index contributed by atoms with van der Waals surface area (Å²) in [6.45, 7) is 0.590. The monoisotopic (exact) mass is 361 g/mol. The lowest BCUT2D eigenvalue weighted by Crippen LogP contribution is -2.45. The number of nitrogens with one attached hydrogen (secondary N) is 1. The van der Waals surface area contributed by atoms with Gasteiger partial charge < -0.3 is 19.9 Å². The van der Waals surface area contributed by atoms with Crippen molar-refractivity contribution in [2.75, 3.05) is 13.7 Å². The standard InChI is InChI=1S/C20H27NO5/c1-25-20(24)15-9-14(10-16(11-15)26-12-13-5-4-6-13)19(23)21-17-7-2-3-8-18(17)22/h9-11,13,17-18,22H,2-8,12H2,1H3,(H,21,23)/t17-,18-/m0/s1. The SMILES string of the molecule is COC(=O)c1cc(OCC2CCC2)cc(C(=O)N[C@H]2CCCC[C@@H]2O)c1. The third-order valence-corrected chi connectivity index (χ3v) is 5.35. The number of rotatable bonds is 6. The van der Waals surface area contributed by atoms with Crippen LogP contribution < -0.4 is 10.1 Å². The van der Waals surface area contributed by atoms with Crippen molar-refractivity contribution in [1.29, 1.82) is 0 Å². The van der Waals surface area contributed by atoms with Crippen LogP contribution in [-0.4, -0.2) is 42.8 Å². The number of benzene rings is 1. The molecule has 142 valence electrons. The highest BCUT2D eigenvalue weighted by Gasteiger charge is 2.26. The van der Waals surface area contributed by atoms with E-state index in [4.69, 9.17) is 9.47 Å². The molecule has 0 radical (unpaired) electrons. The summed E-state index contributed by atoms with van der Waals surface area (Å²) in [5.41, 5.74) is 0.627. The maximum atomic E-state index is 12.6. The minimum absolute atomic E-state index is 0.252. The lowest BCUT2D eigenvalue weighted by Gasteiger charge is -2.28. The van der Waals surface area contributed by atoms with E-state index in [0.717, 1.165) is 32.1 Å². The van der Waals surface area contributed by atoms with Gasteiger partial charge in [-0.1, -0.05) is 19.3 Å². The Bertz CT molecular complexity index is 656. The van der Waals surface area contributed by atoms with Crippen molar-refractivity contribution in [3.05, 3.63) is 29.3 Å². The fraction of sp³-hybridized carbons (Fsp3) is 0.600. The summed E-state index contributed by atoms with van der Waals surface area (Å²) in [6.07, 6.45) is 6.44. The lowest BCUT2D eigenvalue weighted by atomic mass is 9.86. The summed E-state index contributed by atoms with van der Waals surface area (Å²) in [4.78, 5) is 24.6. The quantitative estimate of drug-likeness (QED) is 0.761. The summed E-state index contributed by atoms with van der Waals surface area (Å²) in [7, 11) is 1.31. The number of carbonyl (C=O) groups excluding carboxylic acids is 2. The van der Waals surface area contributed by atoms with Gasteiger partial charge in [0.05, 0.1) is 31.4 Å². The van der Waals surface area contributed by atoms with Crippen LogP contribution >= 0.6 is 0 Å². The van der Waals surface area contributed by atoms with Crippen molar-refractivity contribution in [1.82, 2.24) is 5.32 Å². The van der Waals surface area contributed by atoms with E-state index < -0.39 is 12.1 Å². The minimum Gasteiger partial charge on any atom is -0.493 e. The van der Waals surface area contributed by atoms with Crippen molar-refractivity contribution < 1.29 is 24.2 Å². The number of amides is 1. The predicted octanol–water partition coefficient (Wildman–Crippen LogP) is 2.69. The highest BCUT2D eigenvalue weighted by Crippen LogP contribution is 2.28.